The largest absolute Gasteiger partial charge is 0.416 e. The highest BCUT2D eigenvalue weighted by molar-refractivity contribution is 7.09. The SMILES string of the molecule is CC(C)N(C(=O)c1csc(C2CCN(C(=O)c3ccccc3-c3ccc(C(F)(F)F)cc3)CC2)n1)C1CCCCC1. The summed E-state index contributed by atoms with van der Waals surface area (Å²) in [6, 6.07) is 12.4. The predicted molar refractivity (Wildman–Crippen MR) is 155 cm³/mol. The van der Waals surface area contributed by atoms with Crippen LogP contribution in [0.1, 0.15) is 96.1 Å². The van der Waals surface area contributed by atoms with Crippen molar-refractivity contribution < 1.29 is 22.8 Å². The number of carbonyl (C=O) groups is 2. The van der Waals surface area contributed by atoms with Gasteiger partial charge in [0, 0.05) is 42.0 Å². The number of thiazole rings is 1. The highest BCUT2D eigenvalue weighted by Crippen LogP contribution is 2.35. The number of carbonyl (C=O) groups excluding carboxylic acids is 2. The van der Waals surface area contributed by atoms with Crippen LogP contribution in [0.5, 0.6) is 0 Å². The topological polar surface area (TPSA) is 53.5 Å². The minimum atomic E-state index is -4.41. The molecule has 2 aliphatic rings. The molecule has 0 N–H and O–H groups in total. The number of aromatic nitrogens is 1. The summed E-state index contributed by atoms with van der Waals surface area (Å²) < 4.78 is 39.1. The Hall–Kier alpha value is -3.20. The molecule has 2 amide bonds. The normalized spacial score (nSPS) is 17.2. The van der Waals surface area contributed by atoms with E-state index >= 15 is 0 Å². The van der Waals surface area contributed by atoms with E-state index in [4.69, 9.17) is 4.98 Å². The third-order valence-corrected chi connectivity index (χ3v) is 9.32. The lowest BCUT2D eigenvalue weighted by Crippen LogP contribution is -2.45. The molecule has 218 valence electrons. The number of nitrogens with zero attached hydrogens (tertiary/aromatic N) is 3. The van der Waals surface area contributed by atoms with Gasteiger partial charge in [-0.3, -0.25) is 9.59 Å². The fourth-order valence-electron chi connectivity index (χ4n) is 6.15. The van der Waals surface area contributed by atoms with Crippen LogP contribution < -0.4 is 0 Å². The molecular formula is C32H36F3N3O2S. The second-order valence-corrected chi connectivity index (χ2v) is 12.2. The zero-order valence-electron chi connectivity index (χ0n) is 23.5. The van der Waals surface area contributed by atoms with E-state index in [1.165, 1.54) is 29.9 Å². The monoisotopic (exact) mass is 583 g/mol. The van der Waals surface area contributed by atoms with E-state index in [1.54, 1.807) is 24.3 Å². The van der Waals surface area contributed by atoms with Crippen molar-refractivity contribution in [1.29, 1.82) is 0 Å². The first-order chi connectivity index (χ1) is 19.6. The molecular weight excluding hydrogens is 547 g/mol. The number of hydrogen-bond donors (Lipinski definition) is 0. The van der Waals surface area contributed by atoms with Crippen molar-refractivity contribution in [2.45, 2.75) is 83.0 Å². The zero-order valence-corrected chi connectivity index (χ0v) is 24.3. The van der Waals surface area contributed by atoms with E-state index in [9.17, 15) is 22.8 Å². The average molecular weight is 584 g/mol. The molecule has 0 spiro atoms. The molecule has 1 saturated carbocycles. The minimum absolute atomic E-state index is 0.0156. The van der Waals surface area contributed by atoms with Crippen LogP contribution in [0.15, 0.2) is 53.9 Å². The molecule has 41 heavy (non-hydrogen) atoms. The molecule has 0 radical (unpaired) electrons. The molecule has 5 nitrogen and oxygen atoms in total. The third-order valence-electron chi connectivity index (χ3n) is 8.31. The van der Waals surface area contributed by atoms with Crippen LogP contribution in [0.2, 0.25) is 0 Å². The van der Waals surface area contributed by atoms with Crippen molar-refractivity contribution in [1.82, 2.24) is 14.8 Å². The first-order valence-corrected chi connectivity index (χ1v) is 15.4. The molecule has 5 rings (SSSR count). The second-order valence-electron chi connectivity index (χ2n) is 11.4. The van der Waals surface area contributed by atoms with Gasteiger partial charge in [-0.05, 0) is 68.9 Å². The summed E-state index contributed by atoms with van der Waals surface area (Å²) in [5, 5.41) is 2.83. The lowest BCUT2D eigenvalue weighted by atomic mass is 9.93. The van der Waals surface area contributed by atoms with Gasteiger partial charge in [0.05, 0.1) is 10.6 Å². The number of rotatable bonds is 6. The lowest BCUT2D eigenvalue weighted by Gasteiger charge is -2.37. The Morgan fingerprint density at radius 3 is 2.24 bits per heavy atom. The summed E-state index contributed by atoms with van der Waals surface area (Å²) in [6.07, 6.45) is 2.74. The van der Waals surface area contributed by atoms with Gasteiger partial charge in [-0.25, -0.2) is 4.98 Å². The van der Waals surface area contributed by atoms with Crippen molar-refractivity contribution in [3.05, 3.63) is 75.7 Å². The van der Waals surface area contributed by atoms with Gasteiger partial charge in [0.15, 0.2) is 0 Å². The van der Waals surface area contributed by atoms with Gasteiger partial charge < -0.3 is 9.80 Å². The predicted octanol–water partition coefficient (Wildman–Crippen LogP) is 8.03. The smallest absolute Gasteiger partial charge is 0.339 e. The molecule has 1 saturated heterocycles. The molecule has 3 aromatic rings. The first kappa shape index (κ1) is 29.3. The maximum Gasteiger partial charge on any atom is 0.416 e. The summed E-state index contributed by atoms with van der Waals surface area (Å²) in [5.41, 5.74) is 1.47. The van der Waals surface area contributed by atoms with Gasteiger partial charge in [0.2, 0.25) is 0 Å². The Morgan fingerprint density at radius 2 is 1.61 bits per heavy atom. The van der Waals surface area contributed by atoms with Gasteiger partial charge in [-0.2, -0.15) is 13.2 Å². The van der Waals surface area contributed by atoms with Gasteiger partial charge in [-0.15, -0.1) is 11.3 Å². The number of amides is 2. The van der Waals surface area contributed by atoms with Crippen molar-refractivity contribution in [3.8, 4) is 11.1 Å². The number of hydrogen-bond acceptors (Lipinski definition) is 4. The molecule has 0 unspecified atom stereocenters. The molecule has 0 bridgehead atoms. The van der Waals surface area contributed by atoms with E-state index in [2.05, 4.69) is 13.8 Å². The highest BCUT2D eigenvalue weighted by Gasteiger charge is 2.33. The number of alkyl halides is 3. The maximum absolute atomic E-state index is 13.5. The number of halogens is 3. The summed E-state index contributed by atoms with van der Waals surface area (Å²) in [4.78, 5) is 35.6. The Balaban J connectivity index is 1.24. The van der Waals surface area contributed by atoms with E-state index in [0.29, 0.717) is 35.5 Å². The fourth-order valence-corrected chi connectivity index (χ4v) is 7.11. The van der Waals surface area contributed by atoms with Crippen LogP contribution in [0.3, 0.4) is 0 Å². The van der Waals surface area contributed by atoms with E-state index in [1.807, 2.05) is 15.2 Å². The molecule has 2 fully saturated rings. The van der Waals surface area contributed by atoms with Crippen molar-refractivity contribution >= 4 is 23.2 Å². The molecule has 2 aromatic carbocycles. The first-order valence-electron chi connectivity index (χ1n) is 14.5. The summed E-state index contributed by atoms with van der Waals surface area (Å²) in [7, 11) is 0. The van der Waals surface area contributed by atoms with E-state index < -0.39 is 11.7 Å². The van der Waals surface area contributed by atoms with Crippen molar-refractivity contribution in [2.24, 2.45) is 0 Å². The van der Waals surface area contributed by atoms with Crippen molar-refractivity contribution in [2.75, 3.05) is 13.1 Å². The average Bonchev–Trinajstić information content (AvgIpc) is 3.48. The van der Waals surface area contributed by atoms with Crippen LogP contribution >= 0.6 is 11.3 Å². The van der Waals surface area contributed by atoms with Gasteiger partial charge in [0.1, 0.15) is 5.69 Å². The molecule has 2 heterocycles. The zero-order chi connectivity index (χ0) is 29.1. The Bertz CT molecular complexity index is 1360. The molecule has 1 aliphatic carbocycles. The Kier molecular flexibility index (Phi) is 8.82. The quantitative estimate of drug-likeness (QED) is 0.295. The van der Waals surface area contributed by atoms with Crippen molar-refractivity contribution in [3.63, 3.8) is 0 Å². The van der Waals surface area contributed by atoms with Crippen LogP contribution in [0.4, 0.5) is 13.2 Å². The standard InChI is InChI=1S/C32H36F3N3O2S/c1-21(2)38(25-8-4-3-5-9-25)31(40)28-20-41-29(36-28)23-16-18-37(19-17-23)30(39)27-11-7-6-10-26(27)22-12-14-24(15-13-22)32(33,34)35/h6-7,10-15,20-21,23,25H,3-5,8-9,16-19H2,1-2H3. The second kappa shape index (κ2) is 12.3. The Morgan fingerprint density at radius 1 is 0.951 bits per heavy atom. The summed E-state index contributed by atoms with van der Waals surface area (Å²) >= 11 is 1.53. The maximum atomic E-state index is 13.5. The summed E-state index contributed by atoms with van der Waals surface area (Å²) in [5.74, 6) is 0.0637. The number of likely N-dealkylation sites (tertiary alicyclic amines) is 1. The molecule has 1 aliphatic heterocycles. The third kappa shape index (κ3) is 6.50. The fraction of sp³-hybridized carbons (Fsp3) is 0.469. The minimum Gasteiger partial charge on any atom is -0.339 e. The van der Waals surface area contributed by atoms with Gasteiger partial charge >= 0.3 is 6.18 Å². The van der Waals surface area contributed by atoms with Gasteiger partial charge in [-0.1, -0.05) is 49.6 Å². The van der Waals surface area contributed by atoms with Gasteiger partial charge in [0.25, 0.3) is 11.8 Å². The van der Waals surface area contributed by atoms with Crippen LogP contribution in [0, 0.1) is 0 Å². The van der Waals surface area contributed by atoms with E-state index in [-0.39, 0.29) is 29.8 Å². The Labute approximate surface area is 243 Å². The van der Waals surface area contributed by atoms with Crippen LogP contribution in [-0.2, 0) is 6.18 Å². The number of piperidine rings is 1. The van der Waals surface area contributed by atoms with Crippen LogP contribution in [-0.4, -0.2) is 51.8 Å². The van der Waals surface area contributed by atoms with Crippen LogP contribution in [0.25, 0.3) is 11.1 Å². The van der Waals surface area contributed by atoms with E-state index in [0.717, 1.165) is 55.7 Å². The molecule has 9 heteroatoms. The lowest BCUT2D eigenvalue weighted by molar-refractivity contribution is -0.137. The molecule has 1 aromatic heterocycles. The molecule has 0 atom stereocenters. The summed E-state index contributed by atoms with van der Waals surface area (Å²) in [6.45, 7) is 5.24. The number of benzene rings is 2. The highest BCUT2D eigenvalue weighted by atomic mass is 32.1.